The van der Waals surface area contributed by atoms with Gasteiger partial charge in [-0.05, 0) is 33.2 Å². The van der Waals surface area contributed by atoms with Gasteiger partial charge in [0.05, 0.1) is 17.7 Å². The monoisotopic (exact) mass is 342 g/mol. The van der Waals surface area contributed by atoms with Crippen molar-refractivity contribution in [2.24, 2.45) is 0 Å². The lowest BCUT2D eigenvalue weighted by Gasteiger charge is -2.37. The van der Waals surface area contributed by atoms with Gasteiger partial charge in [0.2, 0.25) is 5.91 Å². The molecule has 1 amide bonds. The third-order valence-electron chi connectivity index (χ3n) is 4.25. The van der Waals surface area contributed by atoms with Crippen LogP contribution < -0.4 is 5.32 Å². The Balaban J connectivity index is 0.000000307. The molecule has 0 aliphatic carbocycles. The third kappa shape index (κ3) is 6.67. The van der Waals surface area contributed by atoms with Crippen LogP contribution in [0.5, 0.6) is 0 Å². The Hall–Kier alpha value is -1.93. The molecule has 24 heavy (non-hydrogen) atoms. The Kier molecular flexibility index (Phi) is 7.37. The van der Waals surface area contributed by atoms with Gasteiger partial charge in [0.25, 0.3) is 0 Å². The fourth-order valence-electron chi connectivity index (χ4n) is 3.01. The summed E-state index contributed by atoms with van der Waals surface area (Å²) in [6, 6.07) is 0.195. The van der Waals surface area contributed by atoms with Crippen molar-refractivity contribution in [1.82, 2.24) is 10.2 Å². The van der Waals surface area contributed by atoms with Gasteiger partial charge in [-0.2, -0.15) is 0 Å². The Bertz CT molecular complexity index is 481. The highest BCUT2D eigenvalue weighted by atomic mass is 16.5. The van der Waals surface area contributed by atoms with Crippen LogP contribution in [0.1, 0.15) is 33.1 Å². The highest BCUT2D eigenvalue weighted by Crippen LogP contribution is 2.38. The second-order valence-corrected chi connectivity index (χ2v) is 6.33. The predicted molar refractivity (Wildman–Crippen MR) is 86.6 cm³/mol. The lowest BCUT2D eigenvalue weighted by atomic mass is 9.87. The molecule has 8 nitrogen and oxygen atoms in total. The zero-order valence-corrected chi connectivity index (χ0v) is 14.3. The molecule has 2 rings (SSSR count). The van der Waals surface area contributed by atoms with Gasteiger partial charge in [0.15, 0.2) is 0 Å². The minimum atomic E-state index is -1.26. The van der Waals surface area contributed by atoms with Crippen molar-refractivity contribution in [2.45, 2.75) is 50.9 Å². The highest BCUT2D eigenvalue weighted by Gasteiger charge is 2.45. The molecular weight excluding hydrogens is 316 g/mol. The predicted octanol–water partition coefficient (Wildman–Crippen LogP) is 0.476. The van der Waals surface area contributed by atoms with E-state index in [1.54, 1.807) is 6.92 Å². The van der Waals surface area contributed by atoms with Gasteiger partial charge in [0.1, 0.15) is 0 Å². The molecule has 0 saturated carbocycles. The zero-order chi connectivity index (χ0) is 18.3. The van der Waals surface area contributed by atoms with Crippen LogP contribution in [-0.4, -0.2) is 70.8 Å². The minimum Gasteiger partial charge on any atom is -0.478 e. The third-order valence-corrected chi connectivity index (χ3v) is 4.25. The molecule has 2 heterocycles. The summed E-state index contributed by atoms with van der Waals surface area (Å²) in [5.74, 6) is -2.47. The molecule has 2 aliphatic heterocycles. The quantitative estimate of drug-likeness (QED) is 0.639. The summed E-state index contributed by atoms with van der Waals surface area (Å²) in [5, 5.41) is 18.6. The molecule has 136 valence electrons. The Morgan fingerprint density at radius 3 is 2.08 bits per heavy atom. The molecule has 2 fully saturated rings. The maximum absolute atomic E-state index is 11.1. The first-order chi connectivity index (χ1) is 11.1. The van der Waals surface area contributed by atoms with Gasteiger partial charge in [-0.15, -0.1) is 0 Å². The molecule has 2 saturated heterocycles. The molecule has 8 heteroatoms. The molecule has 2 atom stereocenters. The largest absolute Gasteiger partial charge is 0.478 e. The summed E-state index contributed by atoms with van der Waals surface area (Å²) in [6.07, 6.45) is 4.41. The van der Waals surface area contributed by atoms with Gasteiger partial charge in [-0.1, -0.05) is 0 Å². The zero-order valence-electron chi connectivity index (χ0n) is 14.3. The Labute approximate surface area is 141 Å². The van der Waals surface area contributed by atoms with Crippen molar-refractivity contribution < 1.29 is 29.3 Å². The summed E-state index contributed by atoms with van der Waals surface area (Å²) in [6.45, 7) is 5.83. The van der Waals surface area contributed by atoms with Crippen LogP contribution in [0.2, 0.25) is 0 Å². The molecule has 0 bridgehead atoms. The first-order valence-corrected chi connectivity index (χ1v) is 7.91. The minimum absolute atomic E-state index is 0.0268. The Morgan fingerprint density at radius 1 is 1.17 bits per heavy atom. The van der Waals surface area contributed by atoms with Crippen molar-refractivity contribution in [3.05, 3.63) is 12.2 Å². The van der Waals surface area contributed by atoms with Gasteiger partial charge < -0.3 is 25.2 Å². The molecule has 2 unspecified atom stereocenters. The van der Waals surface area contributed by atoms with E-state index in [1.165, 1.54) is 0 Å². The number of nitrogens with one attached hydrogen (secondary N) is 1. The fraction of sp³-hybridized carbons (Fsp3) is 0.688. The number of rotatable bonds is 3. The second kappa shape index (κ2) is 8.79. The van der Waals surface area contributed by atoms with E-state index in [1.807, 2.05) is 0 Å². The van der Waals surface area contributed by atoms with E-state index < -0.39 is 11.9 Å². The number of carboxylic acid groups (broad SMARTS) is 2. The summed E-state index contributed by atoms with van der Waals surface area (Å²) < 4.78 is 6.11. The molecule has 0 aromatic carbocycles. The number of carboxylic acids is 2. The van der Waals surface area contributed by atoms with Crippen molar-refractivity contribution in [1.29, 1.82) is 0 Å². The van der Waals surface area contributed by atoms with Crippen molar-refractivity contribution in [3.63, 3.8) is 0 Å². The van der Waals surface area contributed by atoms with Gasteiger partial charge in [0, 0.05) is 32.2 Å². The molecular formula is C16H26N2O6. The summed E-state index contributed by atoms with van der Waals surface area (Å²) in [5.41, 5.74) is 0.0268. The molecule has 3 N–H and O–H groups in total. The standard InChI is InChI=1S/C12H22N2O2.C4H4O4/c1-9-11(13-10(2)15)8-12(16-9)4-6-14(3)7-5-12;5-3(6)1-2-4(7)8/h9,11H,4-8H2,1-3H3,(H,13,15);1-2H,(H,5,6)(H,7,8)/b;2-1+. The van der Waals surface area contributed by atoms with E-state index in [9.17, 15) is 14.4 Å². The van der Waals surface area contributed by atoms with Crippen molar-refractivity contribution >= 4 is 17.8 Å². The number of amides is 1. The number of ether oxygens (including phenoxy) is 1. The first kappa shape index (κ1) is 20.1. The van der Waals surface area contributed by atoms with Gasteiger partial charge >= 0.3 is 11.9 Å². The second-order valence-electron chi connectivity index (χ2n) is 6.33. The topological polar surface area (TPSA) is 116 Å². The van der Waals surface area contributed by atoms with E-state index in [4.69, 9.17) is 14.9 Å². The fourth-order valence-corrected chi connectivity index (χ4v) is 3.01. The molecule has 1 spiro atoms. The van der Waals surface area contributed by atoms with E-state index >= 15 is 0 Å². The summed E-state index contributed by atoms with van der Waals surface area (Å²) in [7, 11) is 2.15. The lowest BCUT2D eigenvalue weighted by Crippen LogP contribution is -2.43. The molecule has 2 aliphatic rings. The van der Waals surface area contributed by atoms with Crippen LogP contribution in [0, 0.1) is 0 Å². The SMILES string of the molecule is CC(=O)NC1CC2(CCN(C)CC2)OC1C.O=C(O)/C=C/C(=O)O. The molecule has 0 aromatic heterocycles. The first-order valence-electron chi connectivity index (χ1n) is 7.91. The number of hydrogen-bond donors (Lipinski definition) is 3. The van der Waals surface area contributed by atoms with Gasteiger partial charge in [-0.25, -0.2) is 9.59 Å². The number of carbonyl (C=O) groups excluding carboxylic acids is 1. The van der Waals surface area contributed by atoms with Crippen molar-refractivity contribution in [2.75, 3.05) is 20.1 Å². The number of likely N-dealkylation sites (tertiary alicyclic amines) is 1. The van der Waals surface area contributed by atoms with Crippen LogP contribution in [0.25, 0.3) is 0 Å². The van der Waals surface area contributed by atoms with Crippen LogP contribution in [0.3, 0.4) is 0 Å². The van der Waals surface area contributed by atoms with Gasteiger partial charge in [-0.3, -0.25) is 4.79 Å². The number of nitrogens with zero attached hydrogens (tertiary/aromatic N) is 1. The normalized spacial score (nSPS) is 26.0. The average molecular weight is 342 g/mol. The van der Waals surface area contributed by atoms with E-state index in [0.29, 0.717) is 12.2 Å². The van der Waals surface area contributed by atoms with Crippen LogP contribution in [0.4, 0.5) is 0 Å². The average Bonchev–Trinajstić information content (AvgIpc) is 2.76. The maximum atomic E-state index is 11.1. The van der Waals surface area contributed by atoms with E-state index in [-0.39, 0.29) is 23.7 Å². The smallest absolute Gasteiger partial charge is 0.328 e. The number of hydrogen-bond acceptors (Lipinski definition) is 5. The lowest BCUT2D eigenvalue weighted by molar-refractivity contribution is -0.134. The summed E-state index contributed by atoms with van der Waals surface area (Å²) in [4.78, 5) is 32.5. The molecule has 0 aromatic rings. The number of carbonyl (C=O) groups is 3. The van der Waals surface area contributed by atoms with E-state index in [0.717, 1.165) is 32.4 Å². The van der Waals surface area contributed by atoms with Crippen LogP contribution >= 0.6 is 0 Å². The number of aliphatic carboxylic acids is 2. The number of piperidine rings is 1. The highest BCUT2D eigenvalue weighted by molar-refractivity contribution is 5.89. The van der Waals surface area contributed by atoms with E-state index in [2.05, 4.69) is 24.2 Å². The molecule has 0 radical (unpaired) electrons. The Morgan fingerprint density at radius 2 is 1.67 bits per heavy atom. The maximum Gasteiger partial charge on any atom is 0.328 e. The van der Waals surface area contributed by atoms with Crippen molar-refractivity contribution in [3.8, 4) is 0 Å². The summed E-state index contributed by atoms with van der Waals surface area (Å²) >= 11 is 0. The van der Waals surface area contributed by atoms with Crippen LogP contribution in [0.15, 0.2) is 12.2 Å². The van der Waals surface area contributed by atoms with Crippen LogP contribution in [-0.2, 0) is 19.1 Å².